The number of hydrogen-bond acceptors (Lipinski definition) is 5. The molecule has 0 saturated carbocycles. The van der Waals surface area contributed by atoms with Crippen molar-refractivity contribution < 1.29 is 13.9 Å². The van der Waals surface area contributed by atoms with Crippen molar-refractivity contribution in [3.8, 4) is 6.07 Å². The number of furan rings is 1. The highest BCUT2D eigenvalue weighted by Crippen LogP contribution is 2.27. The van der Waals surface area contributed by atoms with E-state index in [4.69, 9.17) is 15.4 Å². The molecule has 2 aromatic heterocycles. The zero-order chi connectivity index (χ0) is 23.7. The van der Waals surface area contributed by atoms with Gasteiger partial charge in [0.05, 0.1) is 44.4 Å². The van der Waals surface area contributed by atoms with Crippen LogP contribution in [-0.4, -0.2) is 48.3 Å². The number of benzene rings is 2. The molecule has 4 aromatic rings. The highest BCUT2D eigenvalue weighted by molar-refractivity contribution is 5.95. The topological polar surface area (TPSA) is 122 Å². The largest absolute Gasteiger partial charge is 0.633 e. The minimum absolute atomic E-state index is 0.152. The zero-order valence-electron chi connectivity index (χ0n) is 18.9. The number of H-pyrrole nitrogens is 1. The molecular weight excluding hydrogens is 430 g/mol. The van der Waals surface area contributed by atoms with Crippen molar-refractivity contribution in [2.75, 3.05) is 37.6 Å². The number of amides is 1. The number of rotatable bonds is 7. The van der Waals surface area contributed by atoms with Crippen molar-refractivity contribution >= 4 is 33.5 Å². The molecule has 0 unspecified atom stereocenters. The molecule has 0 radical (unpaired) electrons. The summed E-state index contributed by atoms with van der Waals surface area (Å²) < 4.78 is 5.30. The average molecular weight is 458 g/mol. The Morgan fingerprint density at radius 1 is 1.18 bits per heavy atom. The molecule has 1 amide bonds. The third-order valence-corrected chi connectivity index (χ3v) is 6.82. The van der Waals surface area contributed by atoms with E-state index in [0.717, 1.165) is 41.2 Å². The summed E-state index contributed by atoms with van der Waals surface area (Å²) in [7, 11) is 0. The maximum absolute atomic E-state index is 13.2. The van der Waals surface area contributed by atoms with Gasteiger partial charge in [-0.2, -0.15) is 5.26 Å². The average Bonchev–Trinajstić information content (AvgIpc) is 3.46. The number of quaternary nitrogens is 1. The second-order valence-corrected chi connectivity index (χ2v) is 9.06. The summed E-state index contributed by atoms with van der Waals surface area (Å²) in [6.07, 6.45) is 4.70. The number of hydrogen-bond donors (Lipinski definition) is 2. The second-order valence-electron chi connectivity index (χ2n) is 9.06. The zero-order valence-corrected chi connectivity index (χ0v) is 18.9. The van der Waals surface area contributed by atoms with Crippen LogP contribution in [0.2, 0.25) is 0 Å². The minimum atomic E-state index is -0.583. The molecule has 8 nitrogen and oxygen atoms in total. The van der Waals surface area contributed by atoms with Crippen molar-refractivity contribution in [3.63, 3.8) is 0 Å². The molecule has 1 aliphatic rings. The van der Waals surface area contributed by atoms with Crippen LogP contribution in [0, 0.1) is 16.5 Å². The summed E-state index contributed by atoms with van der Waals surface area (Å²) in [5, 5.41) is 24.3. The molecule has 1 saturated heterocycles. The summed E-state index contributed by atoms with van der Waals surface area (Å²) in [4.78, 5) is 16.8. The molecule has 8 heteroatoms. The van der Waals surface area contributed by atoms with E-state index in [0.29, 0.717) is 43.9 Å². The van der Waals surface area contributed by atoms with Crippen LogP contribution < -0.4 is 10.6 Å². The van der Waals surface area contributed by atoms with E-state index in [1.807, 2.05) is 42.6 Å². The van der Waals surface area contributed by atoms with Crippen LogP contribution in [0.15, 0.2) is 53.1 Å². The molecule has 0 bridgehead atoms. The number of carbonyl (C=O) groups excluding carboxylic acids is 1. The van der Waals surface area contributed by atoms with Crippen molar-refractivity contribution in [1.29, 1.82) is 5.26 Å². The molecule has 0 atom stereocenters. The number of piperazine rings is 1. The fourth-order valence-electron chi connectivity index (χ4n) is 4.83. The van der Waals surface area contributed by atoms with Gasteiger partial charge in [-0.25, -0.2) is 0 Å². The second kappa shape index (κ2) is 8.86. The Labute approximate surface area is 197 Å². The van der Waals surface area contributed by atoms with Gasteiger partial charge >= 0.3 is 0 Å². The Hall–Kier alpha value is -3.80. The number of nitrogens with one attached hydrogen (secondary N) is 1. The fourth-order valence-corrected chi connectivity index (χ4v) is 4.83. The number of primary amides is 1. The van der Waals surface area contributed by atoms with Gasteiger partial charge in [0.25, 0.3) is 5.91 Å². The van der Waals surface area contributed by atoms with Crippen LogP contribution in [-0.2, 0) is 6.42 Å². The first-order chi connectivity index (χ1) is 16.4. The highest BCUT2D eigenvalue weighted by atomic mass is 16.5. The Balaban J connectivity index is 1.14. The summed E-state index contributed by atoms with van der Waals surface area (Å²) >= 11 is 0. The monoisotopic (exact) mass is 457 g/mol. The number of nitrogens with zero attached hydrogens (tertiary/aromatic N) is 3. The van der Waals surface area contributed by atoms with Crippen molar-refractivity contribution in [2.24, 2.45) is 5.73 Å². The molecule has 3 heterocycles. The van der Waals surface area contributed by atoms with Crippen LogP contribution in [0.1, 0.15) is 34.5 Å². The van der Waals surface area contributed by atoms with Gasteiger partial charge in [-0.15, -0.1) is 0 Å². The number of aromatic amines is 1. The Morgan fingerprint density at radius 3 is 2.76 bits per heavy atom. The molecule has 5 rings (SSSR count). The number of nitriles is 1. The Kier molecular flexibility index (Phi) is 5.74. The minimum Gasteiger partial charge on any atom is -0.633 e. The SMILES string of the molecule is N#Cc1ccc2[nH]cc(CCCC[N+]3([O-])CCN(c4ccc5oc(C(N)=O)cc5c4)CC3)c2c1. The quantitative estimate of drug-likeness (QED) is 0.246. The molecule has 0 aliphatic carbocycles. The third kappa shape index (κ3) is 4.36. The smallest absolute Gasteiger partial charge is 0.284 e. The van der Waals surface area contributed by atoms with Crippen molar-refractivity contribution in [2.45, 2.75) is 19.3 Å². The predicted octanol–water partition coefficient (Wildman–Crippen LogP) is 4.04. The third-order valence-electron chi connectivity index (χ3n) is 6.82. The summed E-state index contributed by atoms with van der Waals surface area (Å²) in [5.74, 6) is -0.431. The molecule has 2 aromatic carbocycles. The first kappa shape index (κ1) is 22.0. The van der Waals surface area contributed by atoms with Crippen molar-refractivity contribution in [3.05, 3.63) is 70.8 Å². The number of carbonyl (C=O) groups is 1. The fraction of sp³-hybridized carbons (Fsp3) is 0.308. The molecule has 174 valence electrons. The Morgan fingerprint density at radius 2 is 2.00 bits per heavy atom. The van der Waals surface area contributed by atoms with E-state index in [1.54, 1.807) is 6.07 Å². The predicted molar refractivity (Wildman–Crippen MR) is 131 cm³/mol. The van der Waals surface area contributed by atoms with E-state index in [1.165, 1.54) is 5.56 Å². The standard InChI is InChI=1S/C26H27N5O3/c27-16-18-4-6-23-22(13-18)19(17-29-23)3-1-2-10-31(33)11-8-30(9-12-31)21-5-7-24-20(14-21)15-25(34-24)26(28)32/h4-7,13-15,17,29H,1-3,8-12H2,(H2,28,32). The molecular formula is C26H27N5O3. The van der Waals surface area contributed by atoms with Gasteiger partial charge in [0.2, 0.25) is 0 Å². The number of aryl methyl sites for hydroxylation is 1. The van der Waals surface area contributed by atoms with Gasteiger partial charge in [-0.1, -0.05) is 0 Å². The van der Waals surface area contributed by atoms with Crippen LogP contribution in [0.5, 0.6) is 0 Å². The number of nitrogens with two attached hydrogens (primary N) is 1. The maximum atomic E-state index is 13.2. The number of aromatic nitrogens is 1. The normalized spacial score (nSPS) is 15.6. The summed E-state index contributed by atoms with van der Waals surface area (Å²) in [5.41, 5.74) is 9.86. The van der Waals surface area contributed by atoms with Gasteiger partial charge in [-0.3, -0.25) is 4.79 Å². The lowest BCUT2D eigenvalue weighted by Gasteiger charge is -2.49. The van der Waals surface area contributed by atoms with Crippen LogP contribution in [0.25, 0.3) is 21.9 Å². The van der Waals surface area contributed by atoms with Gasteiger partial charge in [0.15, 0.2) is 5.76 Å². The van der Waals surface area contributed by atoms with E-state index in [-0.39, 0.29) is 10.4 Å². The number of unbranched alkanes of at least 4 members (excludes halogenated alkanes) is 1. The number of hydroxylamine groups is 3. The van der Waals surface area contributed by atoms with E-state index in [2.05, 4.69) is 16.0 Å². The summed E-state index contributed by atoms with van der Waals surface area (Å²) in [6, 6.07) is 15.3. The lowest BCUT2D eigenvalue weighted by atomic mass is 10.0. The van der Waals surface area contributed by atoms with Gasteiger partial charge < -0.3 is 29.9 Å². The van der Waals surface area contributed by atoms with E-state index in [9.17, 15) is 10.0 Å². The number of anilines is 1. The van der Waals surface area contributed by atoms with Gasteiger partial charge in [0.1, 0.15) is 5.58 Å². The van der Waals surface area contributed by atoms with Crippen LogP contribution >= 0.6 is 0 Å². The first-order valence-corrected chi connectivity index (χ1v) is 11.6. The first-order valence-electron chi connectivity index (χ1n) is 11.6. The molecule has 3 N–H and O–H groups in total. The van der Waals surface area contributed by atoms with Crippen LogP contribution in [0.3, 0.4) is 0 Å². The Bertz CT molecular complexity index is 1390. The number of fused-ring (bicyclic) bond motifs is 2. The summed E-state index contributed by atoms with van der Waals surface area (Å²) in [6.45, 7) is 3.09. The lowest BCUT2D eigenvalue weighted by molar-refractivity contribution is -0.881. The highest BCUT2D eigenvalue weighted by Gasteiger charge is 2.25. The van der Waals surface area contributed by atoms with Crippen molar-refractivity contribution in [1.82, 2.24) is 4.98 Å². The van der Waals surface area contributed by atoms with E-state index < -0.39 is 5.91 Å². The molecule has 34 heavy (non-hydrogen) atoms. The molecule has 1 aliphatic heterocycles. The van der Waals surface area contributed by atoms with Gasteiger partial charge in [0, 0.05) is 28.2 Å². The molecule has 0 spiro atoms. The lowest BCUT2D eigenvalue weighted by Crippen LogP contribution is -2.56. The van der Waals surface area contributed by atoms with E-state index >= 15 is 0 Å². The maximum Gasteiger partial charge on any atom is 0.284 e. The molecule has 1 fully saturated rings. The van der Waals surface area contributed by atoms with Gasteiger partial charge in [-0.05, 0) is 67.3 Å². The van der Waals surface area contributed by atoms with Crippen LogP contribution in [0.4, 0.5) is 5.69 Å².